The molecule has 140 valence electrons. The van der Waals surface area contributed by atoms with Gasteiger partial charge in [-0.3, -0.25) is 14.4 Å². The number of hydrogen-bond acceptors (Lipinski definition) is 5. The molecule has 2 fully saturated rings. The second-order valence-electron chi connectivity index (χ2n) is 6.75. The lowest BCUT2D eigenvalue weighted by molar-refractivity contribution is -0.126. The van der Waals surface area contributed by atoms with E-state index in [0.29, 0.717) is 11.4 Å². The quantitative estimate of drug-likeness (QED) is 0.761. The number of rotatable bonds is 5. The largest absolute Gasteiger partial charge is 0.495 e. The van der Waals surface area contributed by atoms with E-state index in [1.807, 2.05) is 36.4 Å². The van der Waals surface area contributed by atoms with Gasteiger partial charge in [0, 0.05) is 0 Å². The summed E-state index contributed by atoms with van der Waals surface area (Å²) in [5, 5.41) is 1.74. The fraction of sp³-hybridized carbons (Fsp3) is 0.333. The number of carbonyl (C=O) groups is 2. The van der Waals surface area contributed by atoms with Crippen molar-refractivity contribution in [2.75, 3.05) is 17.1 Å². The summed E-state index contributed by atoms with van der Waals surface area (Å²) < 4.78 is 5.34. The number of ether oxygens (including phenoxy) is 1. The van der Waals surface area contributed by atoms with Crippen molar-refractivity contribution in [1.82, 2.24) is 0 Å². The van der Waals surface area contributed by atoms with Gasteiger partial charge in [0.1, 0.15) is 5.75 Å². The average Bonchev–Trinajstić information content (AvgIpc) is 3.19. The standard InChI is InChI=1S/C21H22N2O4/c1-3-9-16-18-19(27-23(16)14-10-5-4-6-11-14)21(25)22(20(18)24)15-12-7-8-13-17(15)26-2/h4-8,10-13,16,18-19H,3,9H2,1-2H3/t16-,18+,19-/m0/s1. The maximum absolute atomic E-state index is 13.3. The molecule has 2 aromatic rings. The smallest absolute Gasteiger partial charge is 0.266 e. The number of carbonyl (C=O) groups excluding carboxylic acids is 2. The lowest BCUT2D eigenvalue weighted by atomic mass is 9.93. The predicted molar refractivity (Wildman–Crippen MR) is 101 cm³/mol. The van der Waals surface area contributed by atoms with Crippen molar-refractivity contribution in [2.45, 2.75) is 31.9 Å². The first-order chi connectivity index (χ1) is 13.2. The highest BCUT2D eigenvalue weighted by Crippen LogP contribution is 2.43. The molecule has 2 amide bonds. The van der Waals surface area contributed by atoms with Crippen LogP contribution in [0, 0.1) is 5.92 Å². The van der Waals surface area contributed by atoms with Crippen molar-refractivity contribution in [1.29, 1.82) is 0 Å². The van der Waals surface area contributed by atoms with E-state index >= 15 is 0 Å². The summed E-state index contributed by atoms with van der Waals surface area (Å²) in [6, 6.07) is 16.5. The van der Waals surface area contributed by atoms with Gasteiger partial charge >= 0.3 is 0 Å². The summed E-state index contributed by atoms with van der Waals surface area (Å²) in [5.41, 5.74) is 1.32. The van der Waals surface area contributed by atoms with E-state index in [-0.39, 0.29) is 17.9 Å². The molecular formula is C21H22N2O4. The fourth-order valence-electron chi connectivity index (χ4n) is 3.96. The first-order valence-corrected chi connectivity index (χ1v) is 9.19. The minimum absolute atomic E-state index is 0.182. The molecule has 0 aromatic heterocycles. The Morgan fingerprint density at radius 3 is 2.41 bits per heavy atom. The van der Waals surface area contributed by atoms with Gasteiger partial charge in [-0.2, -0.15) is 0 Å². The van der Waals surface area contributed by atoms with Crippen LogP contribution in [-0.2, 0) is 14.4 Å². The summed E-state index contributed by atoms with van der Waals surface area (Å²) in [7, 11) is 1.53. The summed E-state index contributed by atoms with van der Waals surface area (Å²) in [6.45, 7) is 2.07. The third-order valence-electron chi connectivity index (χ3n) is 5.16. The van der Waals surface area contributed by atoms with Crippen molar-refractivity contribution in [2.24, 2.45) is 5.92 Å². The number of hydroxylamine groups is 1. The molecule has 4 rings (SSSR count). The van der Waals surface area contributed by atoms with Crippen LogP contribution in [0.15, 0.2) is 54.6 Å². The summed E-state index contributed by atoms with van der Waals surface area (Å²) in [6.07, 6.45) is 0.838. The maximum atomic E-state index is 13.3. The third-order valence-corrected chi connectivity index (χ3v) is 5.16. The number of fused-ring (bicyclic) bond motifs is 1. The molecule has 0 saturated carbocycles. The summed E-state index contributed by atoms with van der Waals surface area (Å²) >= 11 is 0. The average molecular weight is 366 g/mol. The molecule has 27 heavy (non-hydrogen) atoms. The van der Waals surface area contributed by atoms with E-state index in [0.717, 1.165) is 18.5 Å². The molecule has 0 spiro atoms. The SMILES string of the molecule is CCC[C@H]1[C@H]2C(=O)N(c3ccccc3OC)C(=O)[C@H]2ON1c1ccccc1. The maximum Gasteiger partial charge on any atom is 0.266 e. The van der Waals surface area contributed by atoms with Crippen LogP contribution in [0.1, 0.15) is 19.8 Å². The number of hydrogen-bond donors (Lipinski definition) is 0. The van der Waals surface area contributed by atoms with Crippen LogP contribution in [-0.4, -0.2) is 31.1 Å². The van der Waals surface area contributed by atoms with Crippen molar-refractivity contribution in [3.8, 4) is 5.75 Å². The molecule has 0 bridgehead atoms. The van der Waals surface area contributed by atoms with Gasteiger partial charge < -0.3 is 4.74 Å². The topological polar surface area (TPSA) is 59.1 Å². The van der Waals surface area contributed by atoms with E-state index in [1.165, 1.54) is 12.0 Å². The Kier molecular flexibility index (Phi) is 4.58. The Balaban J connectivity index is 1.70. The van der Waals surface area contributed by atoms with Crippen LogP contribution in [0.5, 0.6) is 5.75 Å². The van der Waals surface area contributed by atoms with Gasteiger partial charge in [-0.15, -0.1) is 0 Å². The van der Waals surface area contributed by atoms with Crippen LogP contribution >= 0.6 is 0 Å². The number of imide groups is 1. The number of nitrogens with zero attached hydrogens (tertiary/aromatic N) is 2. The lowest BCUT2D eigenvalue weighted by Crippen LogP contribution is -2.40. The number of amides is 2. The molecule has 2 heterocycles. The minimum Gasteiger partial charge on any atom is -0.495 e. The van der Waals surface area contributed by atoms with E-state index < -0.39 is 12.0 Å². The Morgan fingerprint density at radius 1 is 1.00 bits per heavy atom. The fourth-order valence-corrected chi connectivity index (χ4v) is 3.96. The molecule has 0 radical (unpaired) electrons. The molecule has 2 aromatic carbocycles. The highest BCUT2D eigenvalue weighted by molar-refractivity contribution is 6.24. The Labute approximate surface area is 158 Å². The van der Waals surface area contributed by atoms with Crippen molar-refractivity contribution >= 4 is 23.2 Å². The van der Waals surface area contributed by atoms with Crippen LogP contribution in [0.2, 0.25) is 0 Å². The first kappa shape index (κ1) is 17.5. The van der Waals surface area contributed by atoms with E-state index in [9.17, 15) is 9.59 Å². The van der Waals surface area contributed by atoms with Gasteiger partial charge in [0.2, 0.25) is 5.91 Å². The van der Waals surface area contributed by atoms with Crippen LogP contribution in [0.4, 0.5) is 11.4 Å². The first-order valence-electron chi connectivity index (χ1n) is 9.19. The summed E-state index contributed by atoms with van der Waals surface area (Å²) in [4.78, 5) is 33.6. The van der Waals surface area contributed by atoms with Crippen molar-refractivity contribution in [3.63, 3.8) is 0 Å². The number of methoxy groups -OCH3 is 1. The molecule has 0 aliphatic carbocycles. The molecule has 2 aliphatic rings. The van der Waals surface area contributed by atoms with Gasteiger partial charge in [0.25, 0.3) is 5.91 Å². The monoisotopic (exact) mass is 366 g/mol. The Hall–Kier alpha value is -2.86. The van der Waals surface area contributed by atoms with E-state index in [4.69, 9.17) is 9.57 Å². The Morgan fingerprint density at radius 2 is 1.70 bits per heavy atom. The normalized spacial score (nSPS) is 24.4. The zero-order chi connectivity index (χ0) is 19.0. The molecule has 3 atom stereocenters. The lowest BCUT2D eigenvalue weighted by Gasteiger charge is -2.28. The summed E-state index contributed by atoms with van der Waals surface area (Å²) in [5.74, 6) is -0.603. The van der Waals surface area contributed by atoms with Gasteiger partial charge in [0.15, 0.2) is 6.10 Å². The molecule has 0 N–H and O–H groups in total. The van der Waals surface area contributed by atoms with Crippen LogP contribution < -0.4 is 14.7 Å². The third kappa shape index (κ3) is 2.77. The van der Waals surface area contributed by atoms with E-state index in [2.05, 4.69) is 6.92 Å². The van der Waals surface area contributed by atoms with Gasteiger partial charge in [-0.1, -0.05) is 43.7 Å². The van der Waals surface area contributed by atoms with Gasteiger partial charge in [-0.25, -0.2) is 9.96 Å². The van der Waals surface area contributed by atoms with E-state index in [1.54, 1.807) is 23.3 Å². The Bertz CT molecular complexity index is 854. The zero-order valence-corrected chi connectivity index (χ0v) is 15.4. The molecule has 2 saturated heterocycles. The number of anilines is 2. The van der Waals surface area contributed by atoms with Gasteiger partial charge in [-0.05, 0) is 30.7 Å². The molecule has 6 heteroatoms. The van der Waals surface area contributed by atoms with Crippen LogP contribution in [0.3, 0.4) is 0 Å². The van der Waals surface area contributed by atoms with Crippen molar-refractivity contribution < 1.29 is 19.2 Å². The highest BCUT2D eigenvalue weighted by Gasteiger charge is 2.59. The molecule has 6 nitrogen and oxygen atoms in total. The van der Waals surface area contributed by atoms with Crippen molar-refractivity contribution in [3.05, 3.63) is 54.6 Å². The van der Waals surface area contributed by atoms with Gasteiger partial charge in [0.05, 0.1) is 30.4 Å². The number of para-hydroxylation sites is 3. The molecule has 0 unspecified atom stereocenters. The molecular weight excluding hydrogens is 344 g/mol. The molecule has 2 aliphatic heterocycles. The predicted octanol–water partition coefficient (Wildman–Crippen LogP) is 3.17. The van der Waals surface area contributed by atoms with Crippen LogP contribution in [0.25, 0.3) is 0 Å². The second-order valence-corrected chi connectivity index (χ2v) is 6.75. The number of benzene rings is 2. The second kappa shape index (κ2) is 7.04. The minimum atomic E-state index is -0.806. The highest BCUT2D eigenvalue weighted by atomic mass is 16.7. The zero-order valence-electron chi connectivity index (χ0n) is 15.4.